The topological polar surface area (TPSA) is 38.8 Å². The lowest BCUT2D eigenvalue weighted by Gasteiger charge is -2.38. The molecule has 0 radical (unpaired) electrons. The molecule has 3 rings (SSSR count). The van der Waals surface area contributed by atoms with Crippen molar-refractivity contribution in [2.24, 2.45) is 0 Å². The second-order valence-electron chi connectivity index (χ2n) is 5.23. The van der Waals surface area contributed by atoms with E-state index in [1.165, 1.54) is 11.3 Å². The fraction of sp³-hybridized carbons (Fsp3) is 0.643. The second kappa shape index (κ2) is 5.23. The van der Waals surface area contributed by atoms with Crippen LogP contribution in [0.5, 0.6) is 0 Å². The molecule has 4 nitrogen and oxygen atoms in total. The Kier molecular flexibility index (Phi) is 3.60. The predicted octanol–water partition coefficient (Wildman–Crippen LogP) is 2.51. The zero-order valence-electron chi connectivity index (χ0n) is 11.1. The molecule has 0 N–H and O–H groups in total. The molecule has 1 amide bonds. The van der Waals surface area contributed by atoms with Crippen molar-refractivity contribution in [1.29, 1.82) is 0 Å². The van der Waals surface area contributed by atoms with Crippen molar-refractivity contribution < 1.29 is 14.3 Å². The lowest BCUT2D eigenvalue weighted by Crippen LogP contribution is -2.44. The molecule has 1 aliphatic carbocycles. The Hall–Kier alpha value is -0.910. The Morgan fingerprint density at radius 1 is 1.37 bits per heavy atom. The number of ether oxygens (including phenoxy) is 2. The van der Waals surface area contributed by atoms with Crippen LogP contribution in [0.1, 0.15) is 35.4 Å². The number of hydrogen-bond acceptors (Lipinski definition) is 4. The van der Waals surface area contributed by atoms with Crippen molar-refractivity contribution in [1.82, 2.24) is 4.90 Å². The first-order valence-corrected chi connectivity index (χ1v) is 7.67. The highest BCUT2D eigenvalue weighted by atomic mass is 32.1. The van der Waals surface area contributed by atoms with Gasteiger partial charge in [-0.1, -0.05) is 6.07 Å². The third-order valence-corrected chi connectivity index (χ3v) is 4.99. The van der Waals surface area contributed by atoms with Gasteiger partial charge in [-0.3, -0.25) is 4.79 Å². The summed E-state index contributed by atoms with van der Waals surface area (Å²) in [7, 11) is 1.90. The van der Waals surface area contributed by atoms with Crippen LogP contribution in [0.4, 0.5) is 0 Å². The monoisotopic (exact) mass is 281 g/mol. The van der Waals surface area contributed by atoms with Crippen LogP contribution in [0.3, 0.4) is 0 Å². The maximum absolute atomic E-state index is 12.3. The smallest absolute Gasteiger partial charge is 0.263 e. The molecule has 1 aliphatic heterocycles. The minimum atomic E-state index is -0.344. The summed E-state index contributed by atoms with van der Waals surface area (Å²) in [5.41, 5.74) is 0. The summed E-state index contributed by atoms with van der Waals surface area (Å²) in [6.07, 6.45) is 3.68. The minimum Gasteiger partial charge on any atom is -0.348 e. The van der Waals surface area contributed by atoms with E-state index < -0.39 is 0 Å². The van der Waals surface area contributed by atoms with Crippen LogP contribution in [0.25, 0.3) is 0 Å². The van der Waals surface area contributed by atoms with Crippen molar-refractivity contribution >= 4 is 17.2 Å². The second-order valence-corrected chi connectivity index (χ2v) is 6.18. The van der Waals surface area contributed by atoms with Gasteiger partial charge in [-0.2, -0.15) is 0 Å². The van der Waals surface area contributed by atoms with E-state index in [0.717, 1.165) is 30.6 Å². The minimum absolute atomic E-state index is 0.129. The van der Waals surface area contributed by atoms with Crippen molar-refractivity contribution in [3.05, 3.63) is 22.4 Å². The van der Waals surface area contributed by atoms with Gasteiger partial charge in [0, 0.05) is 25.9 Å². The van der Waals surface area contributed by atoms with Crippen molar-refractivity contribution in [2.45, 2.75) is 37.5 Å². The molecule has 5 heteroatoms. The fourth-order valence-corrected chi connectivity index (χ4v) is 3.66. The molecule has 1 saturated heterocycles. The Morgan fingerprint density at radius 2 is 2.05 bits per heavy atom. The first-order valence-electron chi connectivity index (χ1n) is 6.79. The van der Waals surface area contributed by atoms with E-state index >= 15 is 0 Å². The van der Waals surface area contributed by atoms with E-state index in [4.69, 9.17) is 9.47 Å². The molecule has 0 unspecified atom stereocenters. The largest absolute Gasteiger partial charge is 0.348 e. The molecule has 1 saturated carbocycles. The molecule has 2 heterocycles. The van der Waals surface area contributed by atoms with Crippen LogP contribution in [-0.2, 0) is 9.47 Å². The highest BCUT2D eigenvalue weighted by Gasteiger charge is 2.41. The molecule has 1 aromatic heterocycles. The van der Waals surface area contributed by atoms with E-state index in [0.29, 0.717) is 19.3 Å². The maximum atomic E-state index is 12.3. The summed E-state index contributed by atoms with van der Waals surface area (Å²) in [6.45, 7) is 1.41. The van der Waals surface area contributed by atoms with E-state index in [1.807, 2.05) is 29.5 Å². The van der Waals surface area contributed by atoms with Gasteiger partial charge < -0.3 is 14.4 Å². The molecule has 1 spiro atoms. The molecule has 0 bridgehead atoms. The SMILES string of the molecule is CN(C(=O)c1cccs1)C1CCC2(CC1)OCCO2. The van der Waals surface area contributed by atoms with Gasteiger partial charge in [0.25, 0.3) is 5.91 Å². The van der Waals surface area contributed by atoms with Crippen LogP contribution >= 0.6 is 11.3 Å². The molecule has 1 aromatic rings. The van der Waals surface area contributed by atoms with Crippen LogP contribution in [0.2, 0.25) is 0 Å². The molecule has 2 aliphatic rings. The lowest BCUT2D eigenvalue weighted by atomic mass is 9.89. The number of rotatable bonds is 2. The van der Waals surface area contributed by atoms with E-state index in [-0.39, 0.29) is 11.7 Å². The quantitative estimate of drug-likeness (QED) is 0.836. The van der Waals surface area contributed by atoms with Crippen molar-refractivity contribution in [3.63, 3.8) is 0 Å². The molecule has 2 fully saturated rings. The predicted molar refractivity (Wildman–Crippen MR) is 73.3 cm³/mol. The summed E-state index contributed by atoms with van der Waals surface area (Å²) in [5, 5.41) is 1.94. The van der Waals surface area contributed by atoms with E-state index in [1.54, 1.807) is 0 Å². The lowest BCUT2D eigenvalue weighted by molar-refractivity contribution is -0.182. The first kappa shape index (κ1) is 13.1. The zero-order chi connectivity index (χ0) is 13.3. The molecule has 0 aromatic carbocycles. The van der Waals surface area contributed by atoms with Crippen LogP contribution in [-0.4, -0.2) is 42.9 Å². The van der Waals surface area contributed by atoms with Crippen LogP contribution < -0.4 is 0 Å². The van der Waals surface area contributed by atoms with Crippen molar-refractivity contribution in [3.8, 4) is 0 Å². The summed E-state index contributed by atoms with van der Waals surface area (Å²) < 4.78 is 11.4. The summed E-state index contributed by atoms with van der Waals surface area (Å²) in [5.74, 6) is -0.215. The fourth-order valence-electron chi connectivity index (χ4n) is 2.96. The highest BCUT2D eigenvalue weighted by Crippen LogP contribution is 2.37. The number of thiophene rings is 1. The Labute approximate surface area is 117 Å². The maximum Gasteiger partial charge on any atom is 0.263 e. The van der Waals surface area contributed by atoms with Gasteiger partial charge in [-0.15, -0.1) is 11.3 Å². The summed E-state index contributed by atoms with van der Waals surface area (Å²) in [4.78, 5) is 15.0. The van der Waals surface area contributed by atoms with E-state index in [2.05, 4.69) is 0 Å². The summed E-state index contributed by atoms with van der Waals surface area (Å²) in [6, 6.07) is 4.10. The average Bonchev–Trinajstić information content (AvgIpc) is 3.10. The normalized spacial score (nSPS) is 22.8. The Bertz CT molecular complexity index is 430. The van der Waals surface area contributed by atoms with Gasteiger partial charge in [0.05, 0.1) is 18.1 Å². The van der Waals surface area contributed by atoms with Crippen LogP contribution in [0.15, 0.2) is 17.5 Å². The van der Waals surface area contributed by atoms with E-state index in [9.17, 15) is 4.79 Å². The summed E-state index contributed by atoms with van der Waals surface area (Å²) >= 11 is 1.50. The molecule has 19 heavy (non-hydrogen) atoms. The third kappa shape index (κ3) is 2.55. The number of nitrogens with zero attached hydrogens (tertiary/aromatic N) is 1. The third-order valence-electron chi connectivity index (χ3n) is 4.13. The Morgan fingerprint density at radius 3 is 2.63 bits per heavy atom. The van der Waals surface area contributed by atoms with Gasteiger partial charge in [-0.25, -0.2) is 0 Å². The number of hydrogen-bond donors (Lipinski definition) is 0. The molecular weight excluding hydrogens is 262 g/mol. The number of carbonyl (C=O) groups excluding carboxylic acids is 1. The van der Waals surface area contributed by atoms with Gasteiger partial charge >= 0.3 is 0 Å². The Balaban J connectivity index is 1.60. The van der Waals surface area contributed by atoms with Crippen LogP contribution in [0, 0.1) is 0 Å². The average molecular weight is 281 g/mol. The first-order chi connectivity index (χ1) is 9.20. The zero-order valence-corrected chi connectivity index (χ0v) is 11.9. The van der Waals surface area contributed by atoms with Gasteiger partial charge in [0.2, 0.25) is 0 Å². The molecule has 0 atom stereocenters. The molecular formula is C14H19NO3S. The van der Waals surface area contributed by atoms with Gasteiger partial charge in [0.1, 0.15) is 0 Å². The standard InChI is InChI=1S/C14H19NO3S/c1-15(13(16)12-3-2-10-19-12)11-4-6-14(7-5-11)17-8-9-18-14/h2-3,10-11H,4-9H2,1H3. The number of amides is 1. The van der Waals surface area contributed by atoms with Crippen molar-refractivity contribution in [2.75, 3.05) is 20.3 Å². The van der Waals surface area contributed by atoms with Gasteiger partial charge in [-0.05, 0) is 24.3 Å². The highest BCUT2D eigenvalue weighted by molar-refractivity contribution is 7.12. The molecule has 104 valence electrons. The van der Waals surface area contributed by atoms with Gasteiger partial charge in [0.15, 0.2) is 5.79 Å². The number of carbonyl (C=O) groups is 1.